The van der Waals surface area contributed by atoms with Gasteiger partial charge in [-0.15, -0.1) is 0 Å². The highest BCUT2D eigenvalue weighted by atomic mass is 31.2. The average molecular weight is 418 g/mol. The van der Waals surface area contributed by atoms with Crippen LogP contribution in [0.15, 0.2) is 25.3 Å². The van der Waals surface area contributed by atoms with E-state index in [1.807, 2.05) is 0 Å². The van der Waals surface area contributed by atoms with E-state index in [1.54, 1.807) is 13.8 Å². The molecular formula is C20H35O7P. The Hall–Kier alpha value is -1.43. The van der Waals surface area contributed by atoms with Crippen molar-refractivity contribution in [3.63, 3.8) is 0 Å². The van der Waals surface area contributed by atoms with Crippen molar-refractivity contribution in [3.8, 4) is 0 Å². The Balaban J connectivity index is 4.63. The van der Waals surface area contributed by atoms with E-state index < -0.39 is 31.7 Å². The summed E-state index contributed by atoms with van der Waals surface area (Å²) in [6.45, 7) is 11.9. The standard InChI is InChI=1S/C20H35O7P/c1-6-9-10-11-12-13-14-28(23,24-15-17(4)26-19(21)7-2)25-16-18(5)27-20(22)8-3/h7-8,17-18H,2-3,6,9-16H2,1,4-5H3. The fourth-order valence-electron chi connectivity index (χ4n) is 2.25. The van der Waals surface area contributed by atoms with Crippen LogP contribution in [0.5, 0.6) is 0 Å². The minimum absolute atomic E-state index is 0.0620. The van der Waals surface area contributed by atoms with Crippen LogP contribution in [0.3, 0.4) is 0 Å². The van der Waals surface area contributed by atoms with Crippen LogP contribution >= 0.6 is 7.60 Å². The van der Waals surface area contributed by atoms with Crippen molar-refractivity contribution >= 4 is 19.5 Å². The number of unbranched alkanes of at least 4 members (excludes halogenated alkanes) is 5. The minimum atomic E-state index is -3.42. The molecule has 0 radical (unpaired) electrons. The molecule has 2 atom stereocenters. The summed E-state index contributed by atoms with van der Waals surface area (Å²) in [4.78, 5) is 22.5. The maximum Gasteiger partial charge on any atom is 0.330 e. The number of esters is 2. The van der Waals surface area contributed by atoms with Gasteiger partial charge in [0.2, 0.25) is 0 Å². The maximum atomic E-state index is 13.1. The summed E-state index contributed by atoms with van der Waals surface area (Å²) in [5, 5.41) is 0. The average Bonchev–Trinajstić information content (AvgIpc) is 2.67. The van der Waals surface area contributed by atoms with Crippen molar-refractivity contribution in [2.45, 2.75) is 71.5 Å². The molecule has 28 heavy (non-hydrogen) atoms. The number of hydrogen-bond donors (Lipinski definition) is 0. The first-order valence-electron chi connectivity index (χ1n) is 9.80. The van der Waals surface area contributed by atoms with Crippen molar-refractivity contribution < 1.29 is 32.7 Å². The van der Waals surface area contributed by atoms with Crippen LogP contribution in [-0.2, 0) is 32.7 Å². The van der Waals surface area contributed by atoms with E-state index in [-0.39, 0.29) is 19.4 Å². The van der Waals surface area contributed by atoms with Gasteiger partial charge in [-0.3, -0.25) is 4.57 Å². The molecule has 0 spiro atoms. The smallest absolute Gasteiger partial charge is 0.330 e. The fourth-order valence-corrected chi connectivity index (χ4v) is 4.07. The molecule has 0 aromatic carbocycles. The molecule has 162 valence electrons. The lowest BCUT2D eigenvalue weighted by Crippen LogP contribution is -2.21. The molecular weight excluding hydrogens is 383 g/mol. The largest absolute Gasteiger partial charge is 0.457 e. The second-order valence-electron chi connectivity index (χ2n) is 6.60. The lowest BCUT2D eigenvalue weighted by molar-refractivity contribution is -0.143. The van der Waals surface area contributed by atoms with Crippen molar-refractivity contribution in [2.75, 3.05) is 19.4 Å². The Bertz CT molecular complexity index is 497. The Kier molecular flexibility index (Phi) is 14.7. The number of ether oxygens (including phenoxy) is 2. The van der Waals surface area contributed by atoms with Crippen LogP contribution in [0, 0.1) is 0 Å². The van der Waals surface area contributed by atoms with Crippen LogP contribution < -0.4 is 0 Å². The summed E-state index contributed by atoms with van der Waals surface area (Å²) in [5.41, 5.74) is 0. The summed E-state index contributed by atoms with van der Waals surface area (Å²) >= 11 is 0. The molecule has 8 heteroatoms. The van der Waals surface area contributed by atoms with E-state index in [4.69, 9.17) is 18.5 Å². The third-order valence-corrected chi connectivity index (χ3v) is 5.71. The molecule has 0 aliphatic carbocycles. The summed E-state index contributed by atoms with van der Waals surface area (Å²) in [6.07, 6.45) is 7.35. The van der Waals surface area contributed by atoms with Crippen molar-refractivity contribution in [1.29, 1.82) is 0 Å². The molecule has 0 bridgehead atoms. The van der Waals surface area contributed by atoms with Crippen LogP contribution in [0.25, 0.3) is 0 Å². The maximum absolute atomic E-state index is 13.1. The van der Waals surface area contributed by atoms with E-state index in [0.717, 1.165) is 37.8 Å². The fraction of sp³-hybridized carbons (Fsp3) is 0.700. The van der Waals surface area contributed by atoms with Gasteiger partial charge in [0.25, 0.3) is 0 Å². The van der Waals surface area contributed by atoms with Crippen LogP contribution in [0.2, 0.25) is 0 Å². The molecule has 0 fully saturated rings. The van der Waals surface area contributed by atoms with Crippen molar-refractivity contribution in [3.05, 3.63) is 25.3 Å². The number of carbonyl (C=O) groups is 2. The lowest BCUT2D eigenvalue weighted by atomic mass is 10.1. The molecule has 2 unspecified atom stereocenters. The zero-order valence-electron chi connectivity index (χ0n) is 17.4. The van der Waals surface area contributed by atoms with Gasteiger partial charge in [-0.1, -0.05) is 52.2 Å². The zero-order chi connectivity index (χ0) is 21.4. The molecule has 0 saturated carbocycles. The molecule has 0 aromatic rings. The second kappa shape index (κ2) is 15.5. The third-order valence-electron chi connectivity index (χ3n) is 3.77. The van der Waals surface area contributed by atoms with E-state index >= 15 is 0 Å². The van der Waals surface area contributed by atoms with Crippen LogP contribution in [-0.4, -0.2) is 43.5 Å². The molecule has 0 saturated heterocycles. The summed E-state index contributed by atoms with van der Waals surface area (Å²) in [6, 6.07) is 0. The minimum Gasteiger partial charge on any atom is -0.457 e. The van der Waals surface area contributed by atoms with Gasteiger partial charge in [0.05, 0.1) is 19.4 Å². The van der Waals surface area contributed by atoms with Gasteiger partial charge in [0.1, 0.15) is 12.2 Å². The van der Waals surface area contributed by atoms with E-state index in [0.29, 0.717) is 6.42 Å². The predicted octanol–water partition coefficient (Wildman–Crippen LogP) is 4.81. The van der Waals surface area contributed by atoms with Crippen molar-refractivity contribution in [2.24, 2.45) is 0 Å². The first-order valence-corrected chi connectivity index (χ1v) is 11.5. The topological polar surface area (TPSA) is 88.1 Å². The molecule has 0 aliphatic heterocycles. The van der Waals surface area contributed by atoms with E-state index in [9.17, 15) is 14.2 Å². The van der Waals surface area contributed by atoms with Gasteiger partial charge in [-0.25, -0.2) is 9.59 Å². The Labute approximate surface area is 169 Å². The predicted molar refractivity (Wildman–Crippen MR) is 109 cm³/mol. The number of carbonyl (C=O) groups excluding carboxylic acids is 2. The molecule has 0 heterocycles. The molecule has 0 aliphatic rings. The van der Waals surface area contributed by atoms with E-state index in [2.05, 4.69) is 20.1 Å². The van der Waals surface area contributed by atoms with Gasteiger partial charge < -0.3 is 18.5 Å². The molecule has 0 rings (SSSR count). The van der Waals surface area contributed by atoms with E-state index in [1.165, 1.54) is 6.42 Å². The van der Waals surface area contributed by atoms with Gasteiger partial charge in [-0.2, -0.15) is 0 Å². The first-order chi connectivity index (χ1) is 13.3. The SMILES string of the molecule is C=CC(=O)OC(C)COP(=O)(CCCCCCCC)OCC(C)OC(=O)C=C. The quantitative estimate of drug-likeness (QED) is 0.145. The first kappa shape index (κ1) is 26.6. The summed E-state index contributed by atoms with van der Waals surface area (Å²) in [5.74, 6) is -1.15. The van der Waals surface area contributed by atoms with Crippen LogP contribution in [0.1, 0.15) is 59.3 Å². The van der Waals surface area contributed by atoms with Gasteiger partial charge in [0, 0.05) is 12.2 Å². The molecule has 7 nitrogen and oxygen atoms in total. The van der Waals surface area contributed by atoms with Gasteiger partial charge in [-0.05, 0) is 20.3 Å². The van der Waals surface area contributed by atoms with Gasteiger partial charge in [0.15, 0.2) is 0 Å². The van der Waals surface area contributed by atoms with Crippen molar-refractivity contribution in [1.82, 2.24) is 0 Å². The molecule has 0 amide bonds. The van der Waals surface area contributed by atoms with Gasteiger partial charge >= 0.3 is 19.5 Å². The monoisotopic (exact) mass is 418 g/mol. The highest BCUT2D eigenvalue weighted by molar-refractivity contribution is 7.53. The molecule has 0 aromatic heterocycles. The number of rotatable bonds is 17. The zero-order valence-corrected chi connectivity index (χ0v) is 18.3. The lowest BCUT2D eigenvalue weighted by Gasteiger charge is -2.22. The third kappa shape index (κ3) is 13.7. The highest BCUT2D eigenvalue weighted by Crippen LogP contribution is 2.49. The number of hydrogen-bond acceptors (Lipinski definition) is 7. The van der Waals surface area contributed by atoms with Crippen LogP contribution in [0.4, 0.5) is 0 Å². The second-order valence-corrected chi connectivity index (χ2v) is 8.78. The Morgan fingerprint density at radius 2 is 1.29 bits per heavy atom. The Morgan fingerprint density at radius 1 is 0.857 bits per heavy atom. The Morgan fingerprint density at radius 3 is 1.71 bits per heavy atom. The normalized spacial score (nSPS) is 15.1. The summed E-state index contributed by atoms with van der Waals surface area (Å²) < 4.78 is 34.1. The molecule has 0 N–H and O–H groups in total. The summed E-state index contributed by atoms with van der Waals surface area (Å²) in [7, 11) is -3.42. The highest BCUT2D eigenvalue weighted by Gasteiger charge is 2.27.